The maximum Gasteiger partial charge on any atom is 0.0708 e. The SMILES string of the molecule is CC(C)c1c2c(nc3ccccc13)CCCNC2. The Kier molecular flexibility index (Phi) is 3.04. The normalized spacial score (nSPS) is 15.7. The topological polar surface area (TPSA) is 24.9 Å². The second-order valence-electron chi connectivity index (χ2n) is 5.40. The highest BCUT2D eigenvalue weighted by molar-refractivity contribution is 5.84. The number of benzene rings is 1. The molecule has 2 heterocycles. The van der Waals surface area contributed by atoms with Crippen LogP contribution in [0.5, 0.6) is 0 Å². The molecule has 3 rings (SSSR count). The van der Waals surface area contributed by atoms with E-state index in [1.165, 1.54) is 28.6 Å². The van der Waals surface area contributed by atoms with Crippen molar-refractivity contribution in [2.45, 2.75) is 39.2 Å². The van der Waals surface area contributed by atoms with Crippen molar-refractivity contribution < 1.29 is 0 Å². The lowest BCUT2D eigenvalue weighted by Gasteiger charge is -2.18. The predicted molar refractivity (Wildman–Crippen MR) is 75.9 cm³/mol. The molecule has 1 aliphatic rings. The van der Waals surface area contributed by atoms with Crippen molar-refractivity contribution in [3.8, 4) is 0 Å². The van der Waals surface area contributed by atoms with Crippen LogP contribution >= 0.6 is 0 Å². The second kappa shape index (κ2) is 4.69. The van der Waals surface area contributed by atoms with Crippen LogP contribution in [-0.2, 0) is 13.0 Å². The zero-order valence-corrected chi connectivity index (χ0v) is 11.2. The number of nitrogens with one attached hydrogen (secondary N) is 1. The molecule has 0 radical (unpaired) electrons. The highest BCUT2D eigenvalue weighted by Crippen LogP contribution is 2.31. The second-order valence-corrected chi connectivity index (χ2v) is 5.40. The number of hydrogen-bond donors (Lipinski definition) is 1. The Labute approximate surface area is 108 Å². The van der Waals surface area contributed by atoms with Crippen LogP contribution in [0.4, 0.5) is 0 Å². The fourth-order valence-electron chi connectivity index (χ4n) is 2.99. The summed E-state index contributed by atoms with van der Waals surface area (Å²) in [6, 6.07) is 8.55. The minimum absolute atomic E-state index is 0.548. The molecule has 0 saturated carbocycles. The molecule has 2 heteroatoms. The minimum Gasteiger partial charge on any atom is -0.313 e. The summed E-state index contributed by atoms with van der Waals surface area (Å²) < 4.78 is 0. The quantitative estimate of drug-likeness (QED) is 0.826. The summed E-state index contributed by atoms with van der Waals surface area (Å²) in [5.74, 6) is 0.548. The third-order valence-electron chi connectivity index (χ3n) is 3.77. The van der Waals surface area contributed by atoms with Gasteiger partial charge in [-0.1, -0.05) is 32.0 Å². The largest absolute Gasteiger partial charge is 0.313 e. The van der Waals surface area contributed by atoms with Gasteiger partial charge in [0.1, 0.15) is 0 Å². The van der Waals surface area contributed by atoms with Gasteiger partial charge in [-0.3, -0.25) is 4.98 Å². The molecule has 0 aliphatic carbocycles. The minimum atomic E-state index is 0.548. The van der Waals surface area contributed by atoms with Gasteiger partial charge in [-0.25, -0.2) is 0 Å². The Balaban J connectivity index is 2.32. The van der Waals surface area contributed by atoms with E-state index < -0.39 is 0 Å². The number of rotatable bonds is 1. The molecule has 0 bridgehead atoms. The van der Waals surface area contributed by atoms with Gasteiger partial charge in [-0.05, 0) is 42.5 Å². The lowest BCUT2D eigenvalue weighted by molar-refractivity contribution is 0.676. The van der Waals surface area contributed by atoms with Gasteiger partial charge in [0.05, 0.1) is 5.52 Å². The predicted octanol–water partition coefficient (Wildman–Crippen LogP) is 3.39. The fraction of sp³-hybridized carbons (Fsp3) is 0.438. The van der Waals surface area contributed by atoms with Crippen molar-refractivity contribution >= 4 is 10.9 Å². The lowest BCUT2D eigenvalue weighted by Crippen LogP contribution is -2.14. The summed E-state index contributed by atoms with van der Waals surface area (Å²) in [6.07, 6.45) is 2.29. The number of nitrogens with zero attached hydrogens (tertiary/aromatic N) is 1. The summed E-state index contributed by atoms with van der Waals surface area (Å²) >= 11 is 0. The summed E-state index contributed by atoms with van der Waals surface area (Å²) in [4.78, 5) is 4.88. The Morgan fingerprint density at radius 2 is 2.06 bits per heavy atom. The molecule has 0 fully saturated rings. The van der Waals surface area contributed by atoms with Crippen molar-refractivity contribution in [2.24, 2.45) is 0 Å². The number of para-hydroxylation sites is 1. The van der Waals surface area contributed by atoms with E-state index in [0.717, 1.165) is 25.0 Å². The van der Waals surface area contributed by atoms with E-state index in [2.05, 4.69) is 43.4 Å². The van der Waals surface area contributed by atoms with Gasteiger partial charge in [-0.15, -0.1) is 0 Å². The average molecular weight is 240 g/mol. The van der Waals surface area contributed by atoms with Gasteiger partial charge in [0.25, 0.3) is 0 Å². The molecule has 1 aromatic heterocycles. The van der Waals surface area contributed by atoms with Crippen molar-refractivity contribution in [1.82, 2.24) is 10.3 Å². The molecular formula is C16H20N2. The Morgan fingerprint density at radius 1 is 1.22 bits per heavy atom. The van der Waals surface area contributed by atoms with E-state index in [0.29, 0.717) is 5.92 Å². The van der Waals surface area contributed by atoms with Crippen molar-refractivity contribution in [2.75, 3.05) is 6.54 Å². The molecule has 1 aromatic carbocycles. The zero-order valence-electron chi connectivity index (χ0n) is 11.2. The first kappa shape index (κ1) is 11.7. The maximum absolute atomic E-state index is 4.88. The van der Waals surface area contributed by atoms with Gasteiger partial charge in [0, 0.05) is 17.6 Å². The molecule has 2 aromatic rings. The fourth-order valence-corrected chi connectivity index (χ4v) is 2.99. The average Bonchev–Trinajstić information content (AvgIpc) is 2.60. The van der Waals surface area contributed by atoms with Crippen LogP contribution in [0.1, 0.15) is 43.0 Å². The van der Waals surface area contributed by atoms with Crippen LogP contribution in [0, 0.1) is 0 Å². The molecule has 18 heavy (non-hydrogen) atoms. The van der Waals surface area contributed by atoms with Crippen LogP contribution in [0.3, 0.4) is 0 Å². The standard InChI is InChI=1S/C16H20N2/c1-11(2)16-12-6-3-4-7-14(12)18-15-8-5-9-17-10-13(15)16/h3-4,6-7,11,17H,5,8-10H2,1-2H3. The molecule has 2 nitrogen and oxygen atoms in total. The highest BCUT2D eigenvalue weighted by atomic mass is 14.9. The molecule has 0 amide bonds. The van der Waals surface area contributed by atoms with Crippen molar-refractivity contribution in [3.63, 3.8) is 0 Å². The van der Waals surface area contributed by atoms with Crippen LogP contribution in [0.15, 0.2) is 24.3 Å². The molecule has 0 saturated heterocycles. The first-order valence-electron chi connectivity index (χ1n) is 6.88. The monoisotopic (exact) mass is 240 g/mol. The van der Waals surface area contributed by atoms with Crippen LogP contribution in [0.2, 0.25) is 0 Å². The van der Waals surface area contributed by atoms with Gasteiger partial charge >= 0.3 is 0 Å². The molecule has 0 spiro atoms. The maximum atomic E-state index is 4.88. The Hall–Kier alpha value is -1.41. The molecule has 1 aliphatic heterocycles. The van der Waals surface area contributed by atoms with Gasteiger partial charge in [0.15, 0.2) is 0 Å². The first-order valence-corrected chi connectivity index (χ1v) is 6.88. The third kappa shape index (κ3) is 1.91. The van der Waals surface area contributed by atoms with Crippen molar-refractivity contribution in [3.05, 3.63) is 41.1 Å². The summed E-state index contributed by atoms with van der Waals surface area (Å²) in [5.41, 5.74) is 5.40. The van der Waals surface area contributed by atoms with E-state index in [9.17, 15) is 0 Å². The Bertz CT molecular complexity index is 573. The number of aryl methyl sites for hydroxylation is 1. The highest BCUT2D eigenvalue weighted by Gasteiger charge is 2.18. The number of pyridine rings is 1. The third-order valence-corrected chi connectivity index (χ3v) is 3.77. The lowest BCUT2D eigenvalue weighted by atomic mass is 9.91. The van der Waals surface area contributed by atoms with Crippen molar-refractivity contribution in [1.29, 1.82) is 0 Å². The summed E-state index contributed by atoms with van der Waals surface area (Å²) in [7, 11) is 0. The molecule has 94 valence electrons. The first-order chi connectivity index (χ1) is 8.77. The number of hydrogen-bond acceptors (Lipinski definition) is 2. The summed E-state index contributed by atoms with van der Waals surface area (Å²) in [5, 5.41) is 4.85. The molecule has 1 N–H and O–H groups in total. The summed E-state index contributed by atoms with van der Waals surface area (Å²) in [6.45, 7) is 6.64. The molecular weight excluding hydrogens is 220 g/mol. The Morgan fingerprint density at radius 3 is 2.89 bits per heavy atom. The van der Waals surface area contributed by atoms with Gasteiger partial charge < -0.3 is 5.32 Å². The zero-order chi connectivity index (χ0) is 12.5. The smallest absolute Gasteiger partial charge is 0.0708 e. The van der Waals surface area contributed by atoms with E-state index >= 15 is 0 Å². The van der Waals surface area contributed by atoms with Gasteiger partial charge in [0.2, 0.25) is 0 Å². The van der Waals surface area contributed by atoms with Crippen LogP contribution in [-0.4, -0.2) is 11.5 Å². The van der Waals surface area contributed by atoms with Gasteiger partial charge in [-0.2, -0.15) is 0 Å². The molecule has 0 unspecified atom stereocenters. The van der Waals surface area contributed by atoms with E-state index in [1.807, 2.05) is 0 Å². The number of fused-ring (bicyclic) bond motifs is 2. The molecule has 0 atom stereocenters. The van der Waals surface area contributed by atoms with E-state index in [1.54, 1.807) is 0 Å². The van der Waals surface area contributed by atoms with E-state index in [-0.39, 0.29) is 0 Å². The van der Waals surface area contributed by atoms with E-state index in [4.69, 9.17) is 4.98 Å². The van der Waals surface area contributed by atoms with Crippen LogP contribution in [0.25, 0.3) is 10.9 Å². The number of aromatic nitrogens is 1. The van der Waals surface area contributed by atoms with Crippen LogP contribution < -0.4 is 5.32 Å².